The fourth-order valence-electron chi connectivity index (χ4n) is 4.34. The number of nitrogens with zero attached hydrogens (tertiary/aromatic N) is 1. The molecule has 4 rings (SSSR count). The van der Waals surface area contributed by atoms with Gasteiger partial charge in [0.25, 0.3) is 5.91 Å². The van der Waals surface area contributed by atoms with Crippen LogP contribution in [-0.4, -0.2) is 30.8 Å². The van der Waals surface area contributed by atoms with E-state index in [9.17, 15) is 14.4 Å². The molecule has 1 aliphatic rings. The lowest BCUT2D eigenvalue weighted by Gasteiger charge is -2.31. The Morgan fingerprint density at radius 3 is 2.43 bits per heavy atom. The topological polar surface area (TPSA) is 105 Å². The van der Waals surface area contributed by atoms with Crippen molar-refractivity contribution in [2.24, 2.45) is 11.1 Å². The first kappa shape index (κ1) is 26.1. The Balaban J connectivity index is 1.72. The zero-order valence-corrected chi connectivity index (χ0v) is 21.6. The van der Waals surface area contributed by atoms with E-state index in [2.05, 4.69) is 10.6 Å². The molecule has 7 nitrogen and oxygen atoms in total. The average molecular weight is 499 g/mol. The Bertz CT molecular complexity index is 1290. The molecule has 0 aliphatic carbocycles. The van der Waals surface area contributed by atoms with Gasteiger partial charge in [0, 0.05) is 12.1 Å². The number of carbonyl (C=O) groups excluding carboxylic acids is 3. The molecule has 192 valence electrons. The van der Waals surface area contributed by atoms with Gasteiger partial charge in [-0.25, -0.2) is 0 Å². The van der Waals surface area contributed by atoms with Crippen LogP contribution >= 0.6 is 0 Å². The number of anilines is 2. The predicted molar refractivity (Wildman–Crippen MR) is 146 cm³/mol. The number of carbonyl (C=O) groups is 3. The van der Waals surface area contributed by atoms with Crippen LogP contribution in [0.1, 0.15) is 53.4 Å². The summed E-state index contributed by atoms with van der Waals surface area (Å²) < 4.78 is 0. The van der Waals surface area contributed by atoms with E-state index in [1.54, 1.807) is 23.1 Å². The first-order chi connectivity index (χ1) is 17.7. The number of nitrogens with two attached hydrogens (primary N) is 1. The summed E-state index contributed by atoms with van der Waals surface area (Å²) >= 11 is 0. The normalized spacial score (nSPS) is 15.4. The molecule has 1 heterocycles. The van der Waals surface area contributed by atoms with Crippen LogP contribution in [0.3, 0.4) is 0 Å². The van der Waals surface area contributed by atoms with E-state index in [0.29, 0.717) is 30.0 Å². The predicted octanol–water partition coefficient (Wildman–Crippen LogP) is 4.37. The lowest BCUT2D eigenvalue weighted by molar-refractivity contribution is -0.119. The Morgan fingerprint density at radius 2 is 1.76 bits per heavy atom. The Labute approximate surface area is 218 Å². The molecular formula is C30H34N4O3. The monoisotopic (exact) mass is 498 g/mol. The van der Waals surface area contributed by atoms with Gasteiger partial charge in [0.1, 0.15) is 0 Å². The van der Waals surface area contributed by atoms with Crippen LogP contribution in [0.25, 0.3) is 0 Å². The van der Waals surface area contributed by atoms with E-state index in [0.717, 1.165) is 16.7 Å². The molecule has 0 bridgehead atoms. The highest BCUT2D eigenvalue weighted by molar-refractivity contribution is 6.07. The molecule has 0 spiro atoms. The molecule has 1 unspecified atom stereocenters. The maximum absolute atomic E-state index is 13.8. The molecule has 0 saturated carbocycles. The molecule has 0 fully saturated rings. The highest BCUT2D eigenvalue weighted by Crippen LogP contribution is 2.39. The summed E-state index contributed by atoms with van der Waals surface area (Å²) in [6, 6.07) is 22.0. The van der Waals surface area contributed by atoms with Gasteiger partial charge in [-0.1, -0.05) is 74.0 Å². The minimum absolute atomic E-state index is 0.102. The lowest BCUT2D eigenvalue weighted by Crippen LogP contribution is -2.38. The van der Waals surface area contributed by atoms with Crippen LogP contribution in [0, 0.1) is 12.3 Å². The molecule has 3 amide bonds. The fourth-order valence-corrected chi connectivity index (χ4v) is 4.34. The molecule has 0 aromatic heterocycles. The van der Waals surface area contributed by atoms with Gasteiger partial charge in [-0.05, 0) is 48.2 Å². The third-order valence-electron chi connectivity index (χ3n) is 6.69. The zero-order valence-electron chi connectivity index (χ0n) is 21.6. The molecular weight excluding hydrogens is 464 g/mol. The van der Waals surface area contributed by atoms with Gasteiger partial charge in [0.05, 0.1) is 30.3 Å². The maximum atomic E-state index is 13.8. The van der Waals surface area contributed by atoms with E-state index in [1.165, 1.54) is 0 Å². The highest BCUT2D eigenvalue weighted by atomic mass is 16.2. The Kier molecular flexibility index (Phi) is 7.74. The number of benzene rings is 3. The van der Waals surface area contributed by atoms with Crippen molar-refractivity contribution in [1.82, 2.24) is 5.32 Å². The summed E-state index contributed by atoms with van der Waals surface area (Å²) in [6.45, 7) is 6.81. The van der Waals surface area contributed by atoms with Crippen molar-refractivity contribution < 1.29 is 14.4 Å². The zero-order chi connectivity index (χ0) is 26.6. The van der Waals surface area contributed by atoms with Crippen LogP contribution in [0.2, 0.25) is 0 Å². The lowest BCUT2D eigenvalue weighted by atomic mass is 9.94. The third-order valence-corrected chi connectivity index (χ3v) is 6.69. The summed E-state index contributed by atoms with van der Waals surface area (Å²) in [6.07, 6.45) is 0.289. The van der Waals surface area contributed by atoms with Crippen molar-refractivity contribution in [3.63, 3.8) is 0 Å². The van der Waals surface area contributed by atoms with E-state index in [1.807, 2.05) is 75.4 Å². The number of fused-ring (bicyclic) bond motifs is 1. The molecule has 37 heavy (non-hydrogen) atoms. The molecule has 0 radical (unpaired) electrons. The van der Waals surface area contributed by atoms with E-state index < -0.39 is 6.04 Å². The van der Waals surface area contributed by atoms with Gasteiger partial charge in [-0.2, -0.15) is 0 Å². The number of hydrogen-bond donors (Lipinski definition) is 3. The number of hydrogen-bond acceptors (Lipinski definition) is 4. The van der Waals surface area contributed by atoms with Crippen LogP contribution in [0.4, 0.5) is 11.4 Å². The number of aryl methyl sites for hydroxylation is 1. The number of amides is 3. The van der Waals surface area contributed by atoms with Gasteiger partial charge >= 0.3 is 0 Å². The van der Waals surface area contributed by atoms with Crippen molar-refractivity contribution in [3.05, 3.63) is 95.1 Å². The summed E-state index contributed by atoms with van der Waals surface area (Å²) in [5.41, 5.74) is 9.81. The minimum Gasteiger partial charge on any atom is -0.351 e. The summed E-state index contributed by atoms with van der Waals surface area (Å²) in [5.74, 6) is -0.611. The third kappa shape index (κ3) is 6.24. The Morgan fingerprint density at radius 1 is 1.05 bits per heavy atom. The van der Waals surface area contributed by atoms with Crippen molar-refractivity contribution in [1.29, 1.82) is 0 Å². The van der Waals surface area contributed by atoms with E-state index in [4.69, 9.17) is 5.73 Å². The fraction of sp³-hybridized carbons (Fsp3) is 0.300. The summed E-state index contributed by atoms with van der Waals surface area (Å²) in [4.78, 5) is 41.4. The second-order valence-corrected chi connectivity index (χ2v) is 10.4. The molecule has 1 atom stereocenters. The SMILES string of the molecule is Cc1ccc(C2CC(=O)Nc3cc(C(=O)NCC(C)(C)CN)ccc3N2C(=O)Cc2ccccc2)cc1. The van der Waals surface area contributed by atoms with E-state index in [-0.39, 0.29) is 36.0 Å². The van der Waals surface area contributed by atoms with Gasteiger partial charge in [-0.15, -0.1) is 0 Å². The summed E-state index contributed by atoms with van der Waals surface area (Å²) in [7, 11) is 0. The van der Waals surface area contributed by atoms with E-state index >= 15 is 0 Å². The van der Waals surface area contributed by atoms with Crippen LogP contribution in [0.15, 0.2) is 72.8 Å². The van der Waals surface area contributed by atoms with Crippen molar-refractivity contribution in [2.45, 2.75) is 39.7 Å². The van der Waals surface area contributed by atoms with Gasteiger partial charge < -0.3 is 21.3 Å². The molecule has 3 aromatic rings. The van der Waals surface area contributed by atoms with Crippen molar-refractivity contribution in [3.8, 4) is 0 Å². The van der Waals surface area contributed by atoms with Gasteiger partial charge in [-0.3, -0.25) is 14.4 Å². The minimum atomic E-state index is -0.483. The maximum Gasteiger partial charge on any atom is 0.251 e. The largest absolute Gasteiger partial charge is 0.351 e. The number of nitrogens with one attached hydrogen (secondary N) is 2. The molecule has 7 heteroatoms. The first-order valence-electron chi connectivity index (χ1n) is 12.5. The van der Waals surface area contributed by atoms with Gasteiger partial charge in [0.15, 0.2) is 0 Å². The van der Waals surface area contributed by atoms with Crippen LogP contribution in [0.5, 0.6) is 0 Å². The molecule has 1 aliphatic heterocycles. The second kappa shape index (κ2) is 11.0. The summed E-state index contributed by atoms with van der Waals surface area (Å²) in [5, 5.41) is 5.85. The van der Waals surface area contributed by atoms with Crippen molar-refractivity contribution in [2.75, 3.05) is 23.3 Å². The van der Waals surface area contributed by atoms with Crippen LogP contribution < -0.4 is 21.3 Å². The molecule has 3 aromatic carbocycles. The highest BCUT2D eigenvalue weighted by Gasteiger charge is 2.34. The average Bonchev–Trinajstić information content (AvgIpc) is 3.03. The quantitative estimate of drug-likeness (QED) is 0.450. The standard InChI is InChI=1S/C30H34N4O3/c1-20-9-11-22(12-10-20)26-17-27(35)33-24-16-23(29(37)32-19-30(2,3)18-31)13-14-25(24)34(26)28(36)15-21-7-5-4-6-8-21/h4-14,16,26H,15,17-19,31H2,1-3H3,(H,32,37)(H,33,35). The second-order valence-electron chi connectivity index (χ2n) is 10.4. The van der Waals surface area contributed by atoms with Crippen molar-refractivity contribution >= 4 is 29.1 Å². The number of rotatable bonds is 7. The van der Waals surface area contributed by atoms with Crippen LogP contribution in [-0.2, 0) is 16.0 Å². The molecule has 4 N–H and O–H groups in total. The smallest absolute Gasteiger partial charge is 0.251 e. The molecule has 0 saturated heterocycles. The first-order valence-corrected chi connectivity index (χ1v) is 12.5. The Hall–Kier alpha value is -3.97. The van der Waals surface area contributed by atoms with Gasteiger partial charge in [0.2, 0.25) is 11.8 Å².